The van der Waals surface area contributed by atoms with Crippen LogP contribution in [0, 0.1) is 5.41 Å². The molecule has 1 amide bonds. The number of carboxylic acids is 1. The first kappa shape index (κ1) is 23.4. The fourth-order valence-corrected chi connectivity index (χ4v) is 5.16. The molecule has 1 aromatic heterocycles. The summed E-state index contributed by atoms with van der Waals surface area (Å²) in [6.07, 6.45) is 4.39. The maximum atomic E-state index is 12.7. The van der Waals surface area contributed by atoms with Gasteiger partial charge in [0.15, 0.2) is 5.69 Å². The Bertz CT molecular complexity index is 1220. The first-order valence-electron chi connectivity index (χ1n) is 11.7. The lowest BCUT2D eigenvalue weighted by molar-refractivity contribution is 0.0689. The lowest BCUT2D eigenvalue weighted by Gasteiger charge is -2.39. The molecule has 182 valence electrons. The quantitative estimate of drug-likeness (QED) is 0.538. The summed E-state index contributed by atoms with van der Waals surface area (Å²) < 4.78 is 7.11. The third kappa shape index (κ3) is 5.33. The number of benzene rings is 2. The zero-order chi connectivity index (χ0) is 24.4. The summed E-state index contributed by atoms with van der Waals surface area (Å²) in [5, 5.41) is 13.6. The molecular formula is C26H27ClN4O4. The molecule has 8 nitrogen and oxygen atoms in total. The Hall–Kier alpha value is -3.36. The van der Waals surface area contributed by atoms with E-state index in [1.54, 1.807) is 4.90 Å². The Kier molecular flexibility index (Phi) is 6.49. The SMILES string of the molecule is O=C(O)c1ccn(C(=O)N2CCC3(CCN(Cc4cccc(Oc5ccc(Cl)cc5)c4)C3)CC2)n1. The van der Waals surface area contributed by atoms with Crippen LogP contribution < -0.4 is 4.74 Å². The number of amides is 1. The zero-order valence-corrected chi connectivity index (χ0v) is 20.0. The topological polar surface area (TPSA) is 87.9 Å². The largest absolute Gasteiger partial charge is 0.476 e. The van der Waals surface area contributed by atoms with Crippen molar-refractivity contribution in [2.45, 2.75) is 25.8 Å². The molecular weight excluding hydrogens is 468 g/mol. The highest BCUT2D eigenvalue weighted by Gasteiger charge is 2.41. The van der Waals surface area contributed by atoms with Gasteiger partial charge in [0, 0.05) is 37.4 Å². The molecule has 0 unspecified atom stereocenters. The number of ether oxygens (including phenoxy) is 1. The van der Waals surface area contributed by atoms with Crippen molar-refractivity contribution >= 4 is 23.6 Å². The first-order valence-corrected chi connectivity index (χ1v) is 12.1. The first-order chi connectivity index (χ1) is 16.9. The van der Waals surface area contributed by atoms with Crippen molar-refractivity contribution in [3.63, 3.8) is 0 Å². The third-order valence-electron chi connectivity index (χ3n) is 6.97. The van der Waals surface area contributed by atoms with Crippen LogP contribution in [0.1, 0.15) is 35.3 Å². The van der Waals surface area contributed by atoms with Crippen LogP contribution in [0.15, 0.2) is 60.8 Å². The lowest BCUT2D eigenvalue weighted by Crippen LogP contribution is -2.45. The number of carbonyl (C=O) groups excluding carboxylic acids is 1. The number of hydrogen-bond donors (Lipinski definition) is 1. The van der Waals surface area contributed by atoms with Gasteiger partial charge in [-0.15, -0.1) is 0 Å². The second-order valence-electron chi connectivity index (χ2n) is 9.38. The summed E-state index contributed by atoms with van der Waals surface area (Å²) in [7, 11) is 0. The van der Waals surface area contributed by atoms with Gasteiger partial charge in [-0.1, -0.05) is 23.7 Å². The third-order valence-corrected chi connectivity index (χ3v) is 7.22. The van der Waals surface area contributed by atoms with Gasteiger partial charge in [-0.2, -0.15) is 9.78 Å². The number of likely N-dealkylation sites (tertiary alicyclic amines) is 2. The van der Waals surface area contributed by atoms with Crippen molar-refractivity contribution in [3.8, 4) is 11.5 Å². The summed E-state index contributed by atoms with van der Waals surface area (Å²) in [4.78, 5) is 28.0. The van der Waals surface area contributed by atoms with Gasteiger partial charge in [0.2, 0.25) is 0 Å². The molecule has 3 aromatic rings. The van der Waals surface area contributed by atoms with Crippen molar-refractivity contribution in [3.05, 3.63) is 77.1 Å². The van der Waals surface area contributed by atoms with Crippen LogP contribution in [0.2, 0.25) is 5.02 Å². The van der Waals surface area contributed by atoms with Crippen LogP contribution in [0.3, 0.4) is 0 Å². The van der Waals surface area contributed by atoms with Crippen LogP contribution in [-0.2, 0) is 6.54 Å². The van der Waals surface area contributed by atoms with E-state index in [1.165, 1.54) is 17.8 Å². The molecule has 2 saturated heterocycles. The Labute approximate surface area is 208 Å². The van der Waals surface area contributed by atoms with E-state index in [0.717, 1.165) is 55.1 Å². The minimum atomic E-state index is -1.14. The average molecular weight is 495 g/mol. The van der Waals surface area contributed by atoms with Gasteiger partial charge in [0.25, 0.3) is 0 Å². The molecule has 2 aliphatic heterocycles. The van der Waals surface area contributed by atoms with Gasteiger partial charge in [-0.25, -0.2) is 9.59 Å². The van der Waals surface area contributed by atoms with E-state index in [-0.39, 0.29) is 17.1 Å². The predicted octanol–water partition coefficient (Wildman–Crippen LogP) is 4.98. The number of rotatable bonds is 5. The van der Waals surface area contributed by atoms with Crippen molar-refractivity contribution in [2.75, 3.05) is 26.2 Å². The second kappa shape index (κ2) is 9.71. The van der Waals surface area contributed by atoms with E-state index in [1.807, 2.05) is 36.4 Å². The highest BCUT2D eigenvalue weighted by atomic mass is 35.5. The van der Waals surface area contributed by atoms with E-state index < -0.39 is 5.97 Å². The standard InChI is InChI=1S/C26H27ClN4O4/c27-20-4-6-21(7-5-20)35-22-3-1-2-19(16-22)17-29-13-9-26(18-29)10-14-30(15-11-26)25(34)31-12-8-23(28-31)24(32)33/h1-8,12,16H,9-11,13-15,17-18H2,(H,32,33). The minimum absolute atomic E-state index is 0.124. The van der Waals surface area contributed by atoms with E-state index in [9.17, 15) is 9.59 Å². The minimum Gasteiger partial charge on any atom is -0.476 e. The molecule has 0 aliphatic carbocycles. The molecule has 9 heteroatoms. The number of carboxylic acid groups (broad SMARTS) is 1. The van der Waals surface area contributed by atoms with E-state index in [0.29, 0.717) is 18.1 Å². The molecule has 1 N–H and O–H groups in total. The Morgan fingerprint density at radius 3 is 2.46 bits per heavy atom. The normalized spacial score (nSPS) is 17.6. The molecule has 2 aliphatic rings. The number of carbonyl (C=O) groups is 2. The number of hydrogen-bond acceptors (Lipinski definition) is 5. The van der Waals surface area contributed by atoms with E-state index >= 15 is 0 Å². The molecule has 5 rings (SSSR count). The zero-order valence-electron chi connectivity index (χ0n) is 19.3. The fraction of sp³-hybridized carbons (Fsp3) is 0.346. The summed E-state index contributed by atoms with van der Waals surface area (Å²) in [6.45, 7) is 4.19. The molecule has 2 aromatic carbocycles. The number of aromatic carboxylic acids is 1. The van der Waals surface area contributed by atoms with E-state index in [4.69, 9.17) is 21.4 Å². The van der Waals surface area contributed by atoms with Crippen LogP contribution in [-0.4, -0.2) is 62.9 Å². The Morgan fingerprint density at radius 2 is 1.74 bits per heavy atom. The van der Waals surface area contributed by atoms with Gasteiger partial charge in [-0.05, 0) is 79.3 Å². The van der Waals surface area contributed by atoms with Crippen LogP contribution in [0.5, 0.6) is 11.5 Å². The molecule has 0 atom stereocenters. The molecule has 35 heavy (non-hydrogen) atoms. The molecule has 0 bridgehead atoms. The smallest absolute Gasteiger partial charge is 0.356 e. The number of nitrogens with zero attached hydrogens (tertiary/aromatic N) is 4. The summed E-state index contributed by atoms with van der Waals surface area (Å²) in [5.74, 6) is 0.416. The maximum Gasteiger partial charge on any atom is 0.356 e. The van der Waals surface area contributed by atoms with Crippen molar-refractivity contribution in [1.29, 1.82) is 0 Å². The van der Waals surface area contributed by atoms with Gasteiger partial charge in [0.05, 0.1) is 0 Å². The highest BCUT2D eigenvalue weighted by molar-refractivity contribution is 6.30. The summed E-state index contributed by atoms with van der Waals surface area (Å²) in [5.41, 5.74) is 1.29. The number of piperidine rings is 1. The van der Waals surface area contributed by atoms with Crippen LogP contribution in [0.25, 0.3) is 0 Å². The van der Waals surface area contributed by atoms with Gasteiger partial charge in [-0.3, -0.25) is 4.90 Å². The lowest BCUT2D eigenvalue weighted by atomic mass is 9.78. The van der Waals surface area contributed by atoms with Crippen LogP contribution in [0.4, 0.5) is 4.79 Å². The van der Waals surface area contributed by atoms with Gasteiger partial charge < -0.3 is 14.7 Å². The molecule has 0 saturated carbocycles. The molecule has 2 fully saturated rings. The van der Waals surface area contributed by atoms with Crippen LogP contribution >= 0.6 is 11.6 Å². The van der Waals surface area contributed by atoms with E-state index in [2.05, 4.69) is 22.1 Å². The monoisotopic (exact) mass is 494 g/mol. The number of halogens is 1. The van der Waals surface area contributed by atoms with Gasteiger partial charge >= 0.3 is 12.0 Å². The Morgan fingerprint density at radius 1 is 1.00 bits per heavy atom. The maximum absolute atomic E-state index is 12.7. The molecule has 3 heterocycles. The average Bonchev–Trinajstić information content (AvgIpc) is 3.49. The molecule has 1 spiro atoms. The molecule has 0 radical (unpaired) electrons. The van der Waals surface area contributed by atoms with Gasteiger partial charge in [0.1, 0.15) is 11.5 Å². The second-order valence-corrected chi connectivity index (χ2v) is 9.82. The highest BCUT2D eigenvalue weighted by Crippen LogP contribution is 2.41. The Balaban J connectivity index is 1.15. The summed E-state index contributed by atoms with van der Waals surface area (Å²) in [6, 6.07) is 16.6. The number of aromatic nitrogens is 2. The van der Waals surface area contributed by atoms with Crippen molar-refractivity contribution < 1.29 is 19.4 Å². The van der Waals surface area contributed by atoms with Crippen molar-refractivity contribution in [1.82, 2.24) is 19.6 Å². The fourth-order valence-electron chi connectivity index (χ4n) is 5.04. The summed E-state index contributed by atoms with van der Waals surface area (Å²) >= 11 is 5.96. The predicted molar refractivity (Wildman–Crippen MR) is 131 cm³/mol. The van der Waals surface area contributed by atoms with Crippen molar-refractivity contribution in [2.24, 2.45) is 5.41 Å².